The highest BCUT2D eigenvalue weighted by atomic mass is 32.1. The molecule has 1 aromatic carbocycles. The molecule has 0 bridgehead atoms. The van der Waals surface area contributed by atoms with Crippen LogP contribution in [0.3, 0.4) is 0 Å². The fraction of sp³-hybridized carbons (Fsp3) is 0.286. The molecule has 1 amide bonds. The lowest BCUT2D eigenvalue weighted by Gasteiger charge is -2.16. The van der Waals surface area contributed by atoms with Crippen molar-refractivity contribution in [2.45, 2.75) is 13.3 Å². The lowest BCUT2D eigenvalue weighted by molar-refractivity contribution is 0.0796. The molecule has 0 saturated heterocycles. The molecule has 2 rings (SSSR count). The van der Waals surface area contributed by atoms with Gasteiger partial charge in [0.25, 0.3) is 5.91 Å². The maximum absolute atomic E-state index is 12.1. The molecule has 94 valence electrons. The van der Waals surface area contributed by atoms with Crippen LogP contribution in [0.15, 0.2) is 35.8 Å². The summed E-state index contributed by atoms with van der Waals surface area (Å²) in [4.78, 5) is 18.1. The van der Waals surface area contributed by atoms with Crippen LogP contribution in [0.5, 0.6) is 0 Å². The van der Waals surface area contributed by atoms with Gasteiger partial charge in [0, 0.05) is 37.2 Å². The van der Waals surface area contributed by atoms with Crippen molar-refractivity contribution in [2.75, 3.05) is 13.6 Å². The molecular formula is C14H16N2OS. The van der Waals surface area contributed by atoms with Crippen LogP contribution >= 0.6 is 11.3 Å². The van der Waals surface area contributed by atoms with Gasteiger partial charge in [0.1, 0.15) is 0 Å². The summed E-state index contributed by atoms with van der Waals surface area (Å²) in [5.41, 5.74) is 1.90. The van der Waals surface area contributed by atoms with Gasteiger partial charge in [0.05, 0.1) is 5.01 Å². The molecule has 0 aliphatic rings. The van der Waals surface area contributed by atoms with Crippen LogP contribution < -0.4 is 0 Å². The van der Waals surface area contributed by atoms with Gasteiger partial charge in [-0.05, 0) is 19.1 Å². The van der Waals surface area contributed by atoms with E-state index in [4.69, 9.17) is 0 Å². The van der Waals surface area contributed by atoms with Gasteiger partial charge in [-0.2, -0.15) is 0 Å². The van der Waals surface area contributed by atoms with E-state index in [2.05, 4.69) is 4.98 Å². The SMILES string of the molecule is Cc1ccc(C(=O)N(C)CCc2nccs2)cc1. The average molecular weight is 260 g/mol. The van der Waals surface area contributed by atoms with Crippen LogP contribution in [0.4, 0.5) is 0 Å². The maximum atomic E-state index is 12.1. The Kier molecular flexibility index (Phi) is 4.10. The van der Waals surface area contributed by atoms with Crippen LogP contribution in [0.25, 0.3) is 0 Å². The van der Waals surface area contributed by atoms with Crippen LogP contribution in [0, 0.1) is 6.92 Å². The second-order valence-electron chi connectivity index (χ2n) is 4.27. The summed E-state index contributed by atoms with van der Waals surface area (Å²) < 4.78 is 0. The molecule has 4 heteroatoms. The Morgan fingerprint density at radius 1 is 1.33 bits per heavy atom. The molecule has 0 atom stereocenters. The third-order valence-electron chi connectivity index (χ3n) is 2.79. The first-order valence-corrected chi connectivity index (χ1v) is 6.75. The Morgan fingerprint density at radius 3 is 2.67 bits per heavy atom. The fourth-order valence-electron chi connectivity index (χ4n) is 1.66. The van der Waals surface area contributed by atoms with Gasteiger partial charge in [-0.25, -0.2) is 4.98 Å². The lowest BCUT2D eigenvalue weighted by Crippen LogP contribution is -2.28. The second-order valence-corrected chi connectivity index (χ2v) is 5.25. The molecule has 0 saturated carbocycles. The first-order chi connectivity index (χ1) is 8.66. The average Bonchev–Trinajstić information content (AvgIpc) is 2.89. The lowest BCUT2D eigenvalue weighted by atomic mass is 10.1. The van der Waals surface area contributed by atoms with Crippen LogP contribution in [0.1, 0.15) is 20.9 Å². The molecular weight excluding hydrogens is 244 g/mol. The largest absolute Gasteiger partial charge is 0.341 e. The summed E-state index contributed by atoms with van der Waals surface area (Å²) >= 11 is 1.63. The molecule has 0 N–H and O–H groups in total. The zero-order valence-corrected chi connectivity index (χ0v) is 11.4. The van der Waals surface area contributed by atoms with Gasteiger partial charge in [0.15, 0.2) is 0 Å². The van der Waals surface area contributed by atoms with Gasteiger partial charge in [0.2, 0.25) is 0 Å². The fourth-order valence-corrected chi connectivity index (χ4v) is 2.27. The summed E-state index contributed by atoms with van der Waals surface area (Å²) in [6.45, 7) is 2.71. The topological polar surface area (TPSA) is 33.2 Å². The Labute approximate surface area is 111 Å². The number of carbonyl (C=O) groups excluding carboxylic acids is 1. The predicted octanol–water partition coefficient (Wildman–Crippen LogP) is 2.77. The molecule has 0 radical (unpaired) electrons. The number of nitrogens with zero attached hydrogens (tertiary/aromatic N) is 2. The zero-order valence-electron chi connectivity index (χ0n) is 10.6. The summed E-state index contributed by atoms with van der Waals surface area (Å²) in [6, 6.07) is 7.67. The van der Waals surface area contributed by atoms with Crippen molar-refractivity contribution in [3.05, 3.63) is 52.0 Å². The van der Waals surface area contributed by atoms with Crippen LogP contribution in [-0.2, 0) is 6.42 Å². The second kappa shape index (κ2) is 5.78. The number of amides is 1. The molecule has 18 heavy (non-hydrogen) atoms. The van der Waals surface area contributed by atoms with E-state index in [9.17, 15) is 4.79 Å². The molecule has 0 aliphatic carbocycles. The van der Waals surface area contributed by atoms with E-state index in [1.165, 1.54) is 0 Å². The number of hydrogen-bond donors (Lipinski definition) is 0. The van der Waals surface area contributed by atoms with E-state index >= 15 is 0 Å². The zero-order chi connectivity index (χ0) is 13.0. The van der Waals surface area contributed by atoms with Crippen molar-refractivity contribution in [3.8, 4) is 0 Å². The Hall–Kier alpha value is -1.68. The van der Waals surface area contributed by atoms with Crippen molar-refractivity contribution in [2.24, 2.45) is 0 Å². The molecule has 0 spiro atoms. The number of aryl methyl sites for hydroxylation is 1. The number of carbonyl (C=O) groups is 1. The highest BCUT2D eigenvalue weighted by molar-refractivity contribution is 7.09. The van der Waals surface area contributed by atoms with E-state index in [-0.39, 0.29) is 5.91 Å². The van der Waals surface area contributed by atoms with Gasteiger partial charge >= 0.3 is 0 Å². The standard InChI is InChI=1S/C14H16N2OS/c1-11-3-5-12(6-4-11)14(17)16(2)9-7-13-15-8-10-18-13/h3-6,8,10H,7,9H2,1-2H3. The number of likely N-dealkylation sites (N-methyl/N-ethyl adjacent to an activating group) is 1. The number of aromatic nitrogens is 1. The van der Waals surface area contributed by atoms with E-state index in [0.29, 0.717) is 6.54 Å². The molecule has 1 aromatic heterocycles. The van der Waals surface area contributed by atoms with Gasteiger partial charge in [-0.15, -0.1) is 11.3 Å². The summed E-state index contributed by atoms with van der Waals surface area (Å²) in [7, 11) is 1.83. The van der Waals surface area contributed by atoms with Crippen molar-refractivity contribution >= 4 is 17.2 Å². The normalized spacial score (nSPS) is 10.3. The monoisotopic (exact) mass is 260 g/mol. The molecule has 0 unspecified atom stereocenters. The summed E-state index contributed by atoms with van der Waals surface area (Å²) in [5.74, 6) is 0.0616. The molecule has 2 aromatic rings. The highest BCUT2D eigenvalue weighted by Gasteiger charge is 2.11. The van der Waals surface area contributed by atoms with E-state index < -0.39 is 0 Å². The summed E-state index contributed by atoms with van der Waals surface area (Å²) in [5, 5.41) is 3.02. The molecule has 0 fully saturated rings. The van der Waals surface area contributed by atoms with Crippen molar-refractivity contribution in [3.63, 3.8) is 0 Å². The smallest absolute Gasteiger partial charge is 0.253 e. The third-order valence-corrected chi connectivity index (χ3v) is 3.63. The Bertz CT molecular complexity index is 505. The number of benzene rings is 1. The van der Waals surface area contributed by atoms with Crippen molar-refractivity contribution < 1.29 is 4.79 Å². The predicted molar refractivity (Wildman–Crippen MR) is 74.0 cm³/mol. The minimum absolute atomic E-state index is 0.0616. The molecule has 3 nitrogen and oxygen atoms in total. The highest BCUT2D eigenvalue weighted by Crippen LogP contribution is 2.09. The molecule has 0 aliphatic heterocycles. The van der Waals surface area contributed by atoms with Crippen LogP contribution in [0.2, 0.25) is 0 Å². The van der Waals surface area contributed by atoms with Crippen molar-refractivity contribution in [1.29, 1.82) is 0 Å². The van der Waals surface area contributed by atoms with Crippen LogP contribution in [-0.4, -0.2) is 29.4 Å². The van der Waals surface area contributed by atoms with Crippen molar-refractivity contribution in [1.82, 2.24) is 9.88 Å². The quantitative estimate of drug-likeness (QED) is 0.847. The van der Waals surface area contributed by atoms with E-state index in [1.807, 2.05) is 43.6 Å². The third kappa shape index (κ3) is 3.17. The van der Waals surface area contributed by atoms with E-state index in [0.717, 1.165) is 22.6 Å². The van der Waals surface area contributed by atoms with Gasteiger partial charge in [-0.3, -0.25) is 4.79 Å². The van der Waals surface area contributed by atoms with Gasteiger partial charge < -0.3 is 4.90 Å². The Morgan fingerprint density at radius 2 is 2.06 bits per heavy atom. The first-order valence-electron chi connectivity index (χ1n) is 5.87. The number of thiazole rings is 1. The summed E-state index contributed by atoms with van der Waals surface area (Å²) in [6.07, 6.45) is 2.60. The Balaban J connectivity index is 1.94. The minimum Gasteiger partial charge on any atom is -0.341 e. The number of hydrogen-bond acceptors (Lipinski definition) is 3. The van der Waals surface area contributed by atoms with E-state index in [1.54, 1.807) is 22.4 Å². The minimum atomic E-state index is 0.0616. The first kappa shape index (κ1) is 12.8. The maximum Gasteiger partial charge on any atom is 0.253 e. The molecule has 1 heterocycles. The number of rotatable bonds is 4. The van der Waals surface area contributed by atoms with Gasteiger partial charge in [-0.1, -0.05) is 17.7 Å².